The van der Waals surface area contributed by atoms with Crippen molar-refractivity contribution in [1.29, 1.82) is 0 Å². The van der Waals surface area contributed by atoms with Crippen LogP contribution in [0.4, 0.5) is 5.82 Å². The van der Waals surface area contributed by atoms with E-state index in [1.807, 2.05) is 0 Å². The average Bonchev–Trinajstić information content (AvgIpc) is 3.25. The van der Waals surface area contributed by atoms with Crippen LogP contribution in [-0.2, 0) is 21.4 Å². The molecule has 5 aliphatic carbocycles. The van der Waals surface area contributed by atoms with Gasteiger partial charge >= 0.3 is 5.97 Å². The van der Waals surface area contributed by atoms with Gasteiger partial charge in [-0.3, -0.25) is 9.89 Å². The van der Waals surface area contributed by atoms with E-state index in [0.29, 0.717) is 11.8 Å². The lowest BCUT2D eigenvalue weighted by Gasteiger charge is -2.71. The quantitative estimate of drug-likeness (QED) is 0.368. The fourth-order valence-corrected chi connectivity index (χ4v) is 11.8. The van der Waals surface area contributed by atoms with Crippen molar-refractivity contribution in [3.05, 3.63) is 34.6 Å². The zero-order valence-corrected chi connectivity index (χ0v) is 26.6. The third-order valence-corrected chi connectivity index (χ3v) is 13.9. The first-order valence-electron chi connectivity index (χ1n) is 15.9. The van der Waals surface area contributed by atoms with Gasteiger partial charge in [0.1, 0.15) is 5.82 Å². The molecule has 5 aliphatic rings. The Morgan fingerprint density at radius 1 is 1.02 bits per heavy atom. The maximum Gasteiger partial charge on any atom is 0.312 e. The van der Waals surface area contributed by atoms with E-state index in [2.05, 4.69) is 72.6 Å². The monoisotopic (exact) mass is 547 g/mol. The molecular weight excluding hydrogens is 494 g/mol. The van der Waals surface area contributed by atoms with Gasteiger partial charge in [-0.2, -0.15) is 5.10 Å². The van der Waals surface area contributed by atoms with Gasteiger partial charge < -0.3 is 10.5 Å². The topological polar surface area (TPSA) is 81.0 Å². The second-order valence-corrected chi connectivity index (χ2v) is 16.5. The predicted octanol–water partition coefficient (Wildman–Crippen LogP) is 7.93. The van der Waals surface area contributed by atoms with Gasteiger partial charge in [-0.15, -0.1) is 0 Å². The molecule has 5 nitrogen and oxygen atoms in total. The fraction of sp³-hybridized carbons (Fsp3) is 0.771. The molecule has 3 saturated carbocycles. The molecule has 0 radical (unpaired) electrons. The molecule has 0 spiro atoms. The number of nitrogens with one attached hydrogen (secondary N) is 1. The van der Waals surface area contributed by atoms with Crippen molar-refractivity contribution in [2.75, 3.05) is 12.8 Å². The number of aromatic nitrogens is 2. The lowest BCUT2D eigenvalue weighted by Crippen LogP contribution is -2.65. The van der Waals surface area contributed by atoms with Crippen LogP contribution < -0.4 is 5.73 Å². The summed E-state index contributed by atoms with van der Waals surface area (Å²) >= 11 is 0. The van der Waals surface area contributed by atoms with Crippen LogP contribution in [0, 0.1) is 44.8 Å². The molecule has 3 N–H and O–H groups in total. The summed E-state index contributed by atoms with van der Waals surface area (Å²) in [4.78, 5) is 13.7. The Labute approximate surface area is 242 Å². The number of fused-ring (bicyclic) bond motifs is 8. The van der Waals surface area contributed by atoms with Crippen LogP contribution in [0.5, 0.6) is 0 Å². The minimum atomic E-state index is -0.386. The molecular formula is C35H53N3O2. The zero-order chi connectivity index (χ0) is 29.1. The number of ether oxygens (including phenoxy) is 1. The summed E-state index contributed by atoms with van der Waals surface area (Å²) in [6, 6.07) is 0. The number of aromatic amines is 1. The van der Waals surface area contributed by atoms with Crippen molar-refractivity contribution in [3.8, 4) is 0 Å². The molecule has 0 aromatic carbocycles. The molecule has 40 heavy (non-hydrogen) atoms. The first-order chi connectivity index (χ1) is 18.6. The maximum atomic E-state index is 13.7. The predicted molar refractivity (Wildman–Crippen MR) is 162 cm³/mol. The van der Waals surface area contributed by atoms with Crippen molar-refractivity contribution in [2.24, 2.45) is 44.8 Å². The van der Waals surface area contributed by atoms with Crippen LogP contribution in [0.3, 0.4) is 0 Å². The number of allylic oxidation sites excluding steroid dienone is 4. The molecule has 0 saturated heterocycles. The number of anilines is 1. The zero-order valence-electron chi connectivity index (χ0n) is 26.6. The van der Waals surface area contributed by atoms with Crippen LogP contribution in [0.15, 0.2) is 23.3 Å². The summed E-state index contributed by atoms with van der Waals surface area (Å²) in [5.41, 5.74) is 12.2. The Bertz CT molecular complexity index is 1300. The largest absolute Gasteiger partial charge is 0.469 e. The van der Waals surface area contributed by atoms with E-state index < -0.39 is 0 Å². The van der Waals surface area contributed by atoms with Gasteiger partial charge in [0.15, 0.2) is 0 Å². The number of hydrogen-bond acceptors (Lipinski definition) is 4. The third-order valence-electron chi connectivity index (χ3n) is 13.9. The number of nitrogens with two attached hydrogens (primary N) is 1. The smallest absolute Gasteiger partial charge is 0.312 e. The lowest BCUT2D eigenvalue weighted by atomic mass is 9.33. The number of rotatable bonds is 2. The van der Waals surface area contributed by atoms with Gasteiger partial charge in [-0.05, 0) is 110 Å². The molecule has 220 valence electrons. The van der Waals surface area contributed by atoms with Gasteiger partial charge in [-0.1, -0.05) is 66.2 Å². The highest BCUT2D eigenvalue weighted by molar-refractivity contribution is 5.79. The molecule has 1 unspecified atom stereocenters. The number of carbonyl (C=O) groups is 1. The number of nitrogens with zero attached hydrogens (tertiary/aromatic N) is 1. The van der Waals surface area contributed by atoms with Crippen molar-refractivity contribution in [1.82, 2.24) is 10.2 Å². The minimum absolute atomic E-state index is 0.0244. The number of esters is 1. The summed E-state index contributed by atoms with van der Waals surface area (Å²) in [5, 5.41) is 7.90. The average molecular weight is 548 g/mol. The normalized spacial score (nSPS) is 43.3. The molecule has 1 aromatic heterocycles. The molecule has 7 atom stereocenters. The van der Waals surface area contributed by atoms with E-state index in [1.165, 1.54) is 29.7 Å². The van der Waals surface area contributed by atoms with Crippen molar-refractivity contribution < 1.29 is 9.53 Å². The van der Waals surface area contributed by atoms with Gasteiger partial charge in [0.05, 0.1) is 18.2 Å². The summed E-state index contributed by atoms with van der Waals surface area (Å²) < 4.78 is 5.60. The van der Waals surface area contributed by atoms with Crippen molar-refractivity contribution in [2.45, 2.75) is 119 Å². The number of nitrogen functional groups attached to an aromatic ring is 1. The number of H-pyrrole nitrogens is 1. The second kappa shape index (κ2) is 8.51. The molecule has 0 aliphatic heterocycles. The van der Waals surface area contributed by atoms with E-state index in [4.69, 9.17) is 15.6 Å². The third kappa shape index (κ3) is 3.33. The van der Waals surface area contributed by atoms with E-state index in [9.17, 15) is 4.79 Å². The highest BCUT2D eigenvalue weighted by Crippen LogP contribution is 2.76. The first-order valence-corrected chi connectivity index (χ1v) is 15.9. The Morgan fingerprint density at radius 3 is 2.40 bits per heavy atom. The number of carbonyl (C=O) groups excluding carboxylic acids is 1. The van der Waals surface area contributed by atoms with Crippen molar-refractivity contribution >= 4 is 11.8 Å². The SMILES string of the molecule is C/C=C/C1=C2[C@@H]3CC(C)(C)CC[C@]3(C(=O)OC)CC[C@@]2(C)[C@]2(C)CC[C@H]3C(C)(C)c4n[nH]c(N)c4C[C@]3(C)C2C1. The Balaban J connectivity index is 1.56. The Hall–Kier alpha value is -2.04. The van der Waals surface area contributed by atoms with Crippen LogP contribution in [0.25, 0.3) is 0 Å². The highest BCUT2D eigenvalue weighted by atomic mass is 16.5. The van der Waals surface area contributed by atoms with Crippen LogP contribution in [0.1, 0.15) is 118 Å². The second-order valence-electron chi connectivity index (χ2n) is 16.5. The molecule has 1 heterocycles. The molecule has 0 amide bonds. The van der Waals surface area contributed by atoms with Gasteiger partial charge in [-0.25, -0.2) is 0 Å². The van der Waals surface area contributed by atoms with Gasteiger partial charge in [0.2, 0.25) is 0 Å². The van der Waals surface area contributed by atoms with Crippen LogP contribution in [-0.4, -0.2) is 23.3 Å². The van der Waals surface area contributed by atoms with E-state index in [0.717, 1.165) is 50.8 Å². The van der Waals surface area contributed by atoms with E-state index in [-0.39, 0.29) is 44.4 Å². The van der Waals surface area contributed by atoms with Crippen LogP contribution in [0.2, 0.25) is 0 Å². The maximum absolute atomic E-state index is 13.7. The number of methoxy groups -OCH3 is 1. The lowest BCUT2D eigenvalue weighted by molar-refractivity contribution is -0.180. The van der Waals surface area contributed by atoms with E-state index >= 15 is 0 Å². The molecule has 5 heteroatoms. The highest BCUT2D eigenvalue weighted by Gasteiger charge is 2.70. The van der Waals surface area contributed by atoms with Crippen LogP contribution >= 0.6 is 0 Å². The summed E-state index contributed by atoms with van der Waals surface area (Å²) in [7, 11) is 1.60. The van der Waals surface area contributed by atoms with Crippen molar-refractivity contribution in [3.63, 3.8) is 0 Å². The van der Waals surface area contributed by atoms with Gasteiger partial charge in [0, 0.05) is 11.0 Å². The fourth-order valence-electron chi connectivity index (χ4n) is 11.8. The summed E-state index contributed by atoms with van der Waals surface area (Å²) in [6.45, 7) is 19.6. The molecule has 3 fully saturated rings. The van der Waals surface area contributed by atoms with E-state index in [1.54, 1.807) is 12.7 Å². The Kier molecular flexibility index (Phi) is 5.97. The standard InChI is InChI=1S/C35H53N3O2/c1-10-11-21-18-25-32(6)19-22-27(37-38-28(22)36)31(4,5)24(32)12-13-33(25,7)34(8)15-17-35(29(39)40-9)16-14-30(2,3)20-23(35)26(21)34/h10-11,23-25H,12-20H2,1-9H3,(H3,36,37,38)/b11-10+/t23-,24-,25?,32-,33+,34+,35-/m0/s1. The minimum Gasteiger partial charge on any atom is -0.469 e. The first kappa shape index (κ1) is 28.1. The number of hydrogen-bond donors (Lipinski definition) is 2. The molecule has 0 bridgehead atoms. The van der Waals surface area contributed by atoms with Gasteiger partial charge in [0.25, 0.3) is 0 Å². The summed E-state index contributed by atoms with van der Waals surface area (Å²) in [5.74, 6) is 2.12. The molecule has 1 aromatic rings. The summed E-state index contributed by atoms with van der Waals surface area (Å²) in [6.07, 6.45) is 14.3. The molecule has 6 rings (SSSR count). The Morgan fingerprint density at radius 2 is 1.73 bits per heavy atom.